The molecule has 17 heteroatoms. The fourth-order valence-electron chi connectivity index (χ4n) is 7.52. The SMILES string of the molecule is CC1(C)[C@H]2CCC(CNC(=O)C(=O)CC[C@H](NC(=O)c3ccc(Nc4nc(NC5(c6ccc(Cl)cc6)CC5)nc(OCC(F)(F)F)n4)cc3)C(=O)O)[C@@H]1C2. The molecule has 4 aliphatic carbocycles. The van der Waals surface area contributed by atoms with E-state index in [4.69, 9.17) is 16.3 Å². The van der Waals surface area contributed by atoms with Crippen LogP contribution in [0.3, 0.4) is 0 Å². The Labute approximate surface area is 314 Å². The first-order chi connectivity index (χ1) is 25.5. The van der Waals surface area contributed by atoms with Gasteiger partial charge in [0.05, 0.1) is 5.54 Å². The zero-order valence-corrected chi connectivity index (χ0v) is 30.4. The summed E-state index contributed by atoms with van der Waals surface area (Å²) >= 11 is 6.03. The molecule has 0 aliphatic heterocycles. The van der Waals surface area contributed by atoms with Crippen LogP contribution in [0.15, 0.2) is 48.5 Å². The number of carbonyl (C=O) groups is 4. The second kappa shape index (κ2) is 15.4. The Kier molecular flexibility index (Phi) is 11.0. The molecule has 0 radical (unpaired) electrons. The second-order valence-electron chi connectivity index (χ2n) is 14.8. The number of fused-ring (bicyclic) bond motifs is 2. The molecule has 1 heterocycles. The Hall–Kier alpha value is -4.99. The first kappa shape index (κ1) is 38.7. The average molecular weight is 772 g/mol. The van der Waals surface area contributed by atoms with Gasteiger partial charge in [0.25, 0.3) is 11.8 Å². The van der Waals surface area contributed by atoms with Gasteiger partial charge in [-0.25, -0.2) is 4.79 Å². The van der Waals surface area contributed by atoms with Crippen molar-refractivity contribution in [3.8, 4) is 6.01 Å². The van der Waals surface area contributed by atoms with Crippen molar-refractivity contribution >= 4 is 52.8 Å². The lowest BCUT2D eigenvalue weighted by Crippen LogP contribution is -2.54. The highest BCUT2D eigenvalue weighted by molar-refractivity contribution is 6.36. The molecule has 7 rings (SSSR count). The molecule has 288 valence electrons. The van der Waals surface area contributed by atoms with Gasteiger partial charge in [-0.05, 0) is 104 Å². The van der Waals surface area contributed by atoms with E-state index in [1.165, 1.54) is 24.3 Å². The molecule has 54 heavy (non-hydrogen) atoms. The largest absolute Gasteiger partial charge is 0.480 e. The lowest BCUT2D eigenvalue weighted by Gasteiger charge is -2.60. The maximum absolute atomic E-state index is 13.0. The van der Waals surface area contributed by atoms with E-state index in [2.05, 4.69) is 50.1 Å². The van der Waals surface area contributed by atoms with E-state index < -0.39 is 53.9 Å². The van der Waals surface area contributed by atoms with Crippen LogP contribution in [0.2, 0.25) is 5.02 Å². The summed E-state index contributed by atoms with van der Waals surface area (Å²) in [6.45, 7) is 3.27. The number of carboxylic acids is 1. The lowest BCUT2D eigenvalue weighted by atomic mass is 9.45. The molecule has 2 aromatic carbocycles. The molecule has 13 nitrogen and oxygen atoms in total. The average Bonchev–Trinajstić information content (AvgIpc) is 3.91. The predicted octanol–water partition coefficient (Wildman–Crippen LogP) is 6.03. The monoisotopic (exact) mass is 771 g/mol. The molecule has 1 unspecified atom stereocenters. The van der Waals surface area contributed by atoms with Crippen molar-refractivity contribution < 1.29 is 42.2 Å². The number of alkyl halides is 3. The number of ether oxygens (including phenoxy) is 1. The van der Waals surface area contributed by atoms with E-state index in [9.17, 15) is 37.5 Å². The van der Waals surface area contributed by atoms with Crippen molar-refractivity contribution in [3.05, 3.63) is 64.7 Å². The Balaban J connectivity index is 1.04. The third-order valence-corrected chi connectivity index (χ3v) is 11.2. The van der Waals surface area contributed by atoms with Crippen LogP contribution < -0.4 is 26.0 Å². The number of aliphatic carboxylic acids is 1. The number of ketones is 1. The molecule has 5 N–H and O–H groups in total. The van der Waals surface area contributed by atoms with Crippen molar-refractivity contribution in [3.63, 3.8) is 0 Å². The first-order valence-corrected chi connectivity index (χ1v) is 18.1. The Morgan fingerprint density at radius 3 is 2.28 bits per heavy atom. The number of nitrogens with one attached hydrogen (secondary N) is 4. The van der Waals surface area contributed by atoms with Crippen molar-refractivity contribution in [2.24, 2.45) is 23.2 Å². The number of carbonyl (C=O) groups excluding carboxylic acids is 3. The quantitative estimate of drug-likeness (QED) is 0.107. The summed E-state index contributed by atoms with van der Waals surface area (Å²) in [6.07, 6.45) is -0.642. The van der Waals surface area contributed by atoms with E-state index in [0.29, 0.717) is 47.9 Å². The normalized spacial score (nSPS) is 21.1. The molecule has 3 aromatic rings. The third kappa shape index (κ3) is 9.20. The molecular formula is C37H41ClF3N7O6. The summed E-state index contributed by atoms with van der Waals surface area (Å²) in [6, 6.07) is 10.8. The Bertz CT molecular complexity index is 1890. The minimum atomic E-state index is -4.64. The van der Waals surface area contributed by atoms with Crippen LogP contribution in [0, 0.1) is 23.2 Å². The standard InChI is InChI=1S/C37H41ClF3N7O6/c1-35(2)23-6-3-21(26(35)17-23)18-42-30(51)28(49)14-13-27(31(52)53)44-29(50)20-4-11-25(12-5-20)43-32-45-33(47-34(46-32)54-19-37(39,40)41)48-36(15-16-36)22-7-9-24(38)10-8-22/h4-5,7-12,21,23,26-27H,3,6,13-19H2,1-2H3,(H,42,51)(H,44,50)(H,52,53)(H2,43,45,46,47,48)/t21?,23-,26-,27-/m0/s1. The van der Waals surface area contributed by atoms with Crippen molar-refractivity contribution in [2.75, 3.05) is 23.8 Å². The van der Waals surface area contributed by atoms with Crippen molar-refractivity contribution in [1.82, 2.24) is 25.6 Å². The molecular weight excluding hydrogens is 731 g/mol. The van der Waals surface area contributed by atoms with Crippen molar-refractivity contribution in [2.45, 2.75) is 76.6 Å². The number of rotatable bonds is 16. The summed E-state index contributed by atoms with van der Waals surface area (Å²) in [5.41, 5.74) is 0.984. The number of hydrogen-bond donors (Lipinski definition) is 5. The molecule has 2 bridgehead atoms. The minimum Gasteiger partial charge on any atom is -0.480 e. The van der Waals surface area contributed by atoms with Gasteiger partial charge < -0.3 is 31.1 Å². The van der Waals surface area contributed by atoms with Gasteiger partial charge in [0.1, 0.15) is 6.04 Å². The summed E-state index contributed by atoms with van der Waals surface area (Å²) in [5.74, 6) is -2.29. The fraction of sp³-hybridized carbons (Fsp3) is 0.486. The zero-order chi connectivity index (χ0) is 38.8. The maximum atomic E-state index is 13.0. The summed E-state index contributed by atoms with van der Waals surface area (Å²) < 4.78 is 43.7. The Morgan fingerprint density at radius 2 is 1.67 bits per heavy atom. The highest BCUT2D eigenvalue weighted by Gasteiger charge is 2.54. The third-order valence-electron chi connectivity index (χ3n) is 10.9. The number of halogens is 4. The topological polar surface area (TPSA) is 185 Å². The van der Waals surface area contributed by atoms with Gasteiger partial charge in [-0.15, -0.1) is 0 Å². The number of nitrogens with zero attached hydrogens (tertiary/aromatic N) is 3. The maximum Gasteiger partial charge on any atom is 0.422 e. The van der Waals surface area contributed by atoms with Crippen LogP contribution in [0.1, 0.15) is 74.7 Å². The van der Waals surface area contributed by atoms with Crippen LogP contribution in [-0.4, -0.2) is 69.0 Å². The lowest BCUT2D eigenvalue weighted by molar-refractivity contribution is -0.154. The van der Waals surface area contributed by atoms with Gasteiger partial charge in [0.15, 0.2) is 6.61 Å². The Morgan fingerprint density at radius 1 is 0.981 bits per heavy atom. The first-order valence-electron chi connectivity index (χ1n) is 17.7. The number of anilines is 3. The van der Waals surface area contributed by atoms with E-state index in [1.807, 2.05) is 12.1 Å². The molecule has 0 saturated heterocycles. The van der Waals surface area contributed by atoms with Gasteiger partial charge >= 0.3 is 18.2 Å². The van der Waals surface area contributed by atoms with Crippen LogP contribution in [-0.2, 0) is 19.9 Å². The number of Topliss-reactive ketones (excluding diaryl/α,β-unsaturated/α-hetero) is 1. The molecule has 4 atom stereocenters. The summed E-state index contributed by atoms with van der Waals surface area (Å²) in [4.78, 5) is 62.3. The number of amides is 2. The predicted molar refractivity (Wildman–Crippen MR) is 191 cm³/mol. The van der Waals surface area contributed by atoms with Gasteiger partial charge in [0, 0.05) is 29.2 Å². The van der Waals surface area contributed by atoms with Gasteiger partial charge in [-0.1, -0.05) is 37.6 Å². The molecule has 2 amide bonds. The fourth-order valence-corrected chi connectivity index (χ4v) is 7.65. The van der Waals surface area contributed by atoms with Crippen LogP contribution in [0.25, 0.3) is 0 Å². The zero-order valence-electron chi connectivity index (χ0n) is 29.6. The molecule has 4 fully saturated rings. The van der Waals surface area contributed by atoms with Gasteiger partial charge in [0.2, 0.25) is 17.7 Å². The number of aromatic nitrogens is 3. The van der Waals surface area contributed by atoms with E-state index in [1.54, 1.807) is 12.1 Å². The number of benzene rings is 2. The number of carboxylic acid groups (broad SMARTS) is 1. The smallest absolute Gasteiger partial charge is 0.422 e. The summed E-state index contributed by atoms with van der Waals surface area (Å²) in [5, 5.41) is 21.4. The van der Waals surface area contributed by atoms with Crippen LogP contribution >= 0.6 is 11.6 Å². The van der Waals surface area contributed by atoms with E-state index in [0.717, 1.165) is 24.8 Å². The van der Waals surface area contributed by atoms with E-state index in [-0.39, 0.29) is 35.7 Å². The minimum absolute atomic E-state index is 0.0339. The van der Waals surface area contributed by atoms with Crippen LogP contribution in [0.4, 0.5) is 30.8 Å². The number of hydrogen-bond acceptors (Lipinski definition) is 10. The second-order valence-corrected chi connectivity index (χ2v) is 15.3. The molecule has 1 aromatic heterocycles. The van der Waals surface area contributed by atoms with E-state index >= 15 is 0 Å². The van der Waals surface area contributed by atoms with Gasteiger partial charge in [-0.2, -0.15) is 28.1 Å². The van der Waals surface area contributed by atoms with Crippen molar-refractivity contribution in [1.29, 1.82) is 0 Å². The molecule has 4 saturated carbocycles. The van der Waals surface area contributed by atoms with Crippen LogP contribution in [0.5, 0.6) is 6.01 Å². The highest BCUT2D eigenvalue weighted by Crippen LogP contribution is 2.61. The molecule has 0 spiro atoms. The summed E-state index contributed by atoms with van der Waals surface area (Å²) in [7, 11) is 0. The molecule has 4 aliphatic rings. The highest BCUT2D eigenvalue weighted by atomic mass is 35.5. The van der Waals surface area contributed by atoms with Gasteiger partial charge in [-0.3, -0.25) is 14.4 Å².